The Morgan fingerprint density at radius 2 is 2.08 bits per heavy atom. The second-order valence-electron chi connectivity index (χ2n) is 3.07. The number of aliphatic hydroxyl groups is 1. The molecule has 1 aromatic rings. The Morgan fingerprint density at radius 3 is 2.58 bits per heavy atom. The molecule has 1 aromatic carbocycles. The summed E-state index contributed by atoms with van der Waals surface area (Å²) in [6.07, 6.45) is 0.248. The van der Waals surface area contributed by atoms with Crippen LogP contribution in [0.2, 0.25) is 0 Å². The van der Waals surface area contributed by atoms with E-state index in [-0.39, 0.29) is 18.6 Å². The molecule has 0 aliphatic carbocycles. The largest absolute Gasteiger partial charge is 0.396 e. The van der Waals surface area contributed by atoms with Crippen molar-refractivity contribution in [3.8, 4) is 0 Å². The maximum atomic E-state index is 9.11. The molecule has 1 fully saturated rings. The van der Waals surface area contributed by atoms with Crippen LogP contribution in [-0.2, 0) is 4.74 Å². The Morgan fingerprint density at radius 1 is 1.42 bits per heavy atom. The molecular weight excluding hydrogens is 152 g/mol. The number of benzene rings is 1. The molecule has 1 aliphatic heterocycles. The zero-order chi connectivity index (χ0) is 8.39. The van der Waals surface area contributed by atoms with E-state index in [4.69, 9.17) is 9.84 Å². The number of hydrogen-bond donors (Lipinski definition) is 1. The highest BCUT2D eigenvalue weighted by atomic mass is 16.6. The van der Waals surface area contributed by atoms with Crippen LogP contribution in [-0.4, -0.2) is 24.4 Å². The van der Waals surface area contributed by atoms with Gasteiger partial charge in [0.05, 0.1) is 19.3 Å². The van der Waals surface area contributed by atoms with Gasteiger partial charge in [-0.15, -0.1) is 0 Å². The van der Waals surface area contributed by atoms with Crippen molar-refractivity contribution in [3.63, 3.8) is 0 Å². The molecular formula is C10H12O2. The standard InChI is InChI=1S/C10H12O2/c11-6-9(10-7-12-10)8-4-2-1-3-5-8/h1-5,9-11H,6-7H2. The highest BCUT2D eigenvalue weighted by Crippen LogP contribution is 2.28. The van der Waals surface area contributed by atoms with Gasteiger partial charge < -0.3 is 9.84 Å². The lowest BCUT2D eigenvalue weighted by atomic mass is 9.97. The smallest absolute Gasteiger partial charge is 0.0900 e. The van der Waals surface area contributed by atoms with E-state index in [1.807, 2.05) is 30.3 Å². The van der Waals surface area contributed by atoms with Crippen LogP contribution in [0.1, 0.15) is 11.5 Å². The van der Waals surface area contributed by atoms with E-state index in [2.05, 4.69) is 0 Å². The number of hydrogen-bond acceptors (Lipinski definition) is 2. The van der Waals surface area contributed by atoms with E-state index in [0.29, 0.717) is 0 Å². The van der Waals surface area contributed by atoms with Gasteiger partial charge in [0.1, 0.15) is 0 Å². The molecule has 2 atom stereocenters. The van der Waals surface area contributed by atoms with E-state index in [9.17, 15) is 0 Å². The van der Waals surface area contributed by atoms with Crippen molar-refractivity contribution in [2.24, 2.45) is 0 Å². The van der Waals surface area contributed by atoms with Gasteiger partial charge in [-0.2, -0.15) is 0 Å². The zero-order valence-electron chi connectivity index (χ0n) is 6.81. The highest BCUT2D eigenvalue weighted by Gasteiger charge is 2.32. The number of aliphatic hydroxyl groups excluding tert-OH is 1. The van der Waals surface area contributed by atoms with Crippen molar-refractivity contribution in [2.45, 2.75) is 12.0 Å². The molecule has 1 saturated heterocycles. The summed E-state index contributed by atoms with van der Waals surface area (Å²) < 4.78 is 5.16. The van der Waals surface area contributed by atoms with E-state index in [0.717, 1.165) is 6.61 Å². The van der Waals surface area contributed by atoms with Gasteiger partial charge >= 0.3 is 0 Å². The van der Waals surface area contributed by atoms with Gasteiger partial charge in [0, 0.05) is 5.92 Å². The van der Waals surface area contributed by atoms with E-state index in [1.54, 1.807) is 0 Å². The molecule has 0 aromatic heterocycles. The van der Waals surface area contributed by atoms with Gasteiger partial charge in [0.15, 0.2) is 0 Å². The van der Waals surface area contributed by atoms with Crippen molar-refractivity contribution in [1.29, 1.82) is 0 Å². The Kier molecular flexibility index (Phi) is 2.11. The summed E-state index contributed by atoms with van der Waals surface area (Å²) in [7, 11) is 0. The third-order valence-electron chi connectivity index (χ3n) is 2.23. The lowest BCUT2D eigenvalue weighted by molar-refractivity contribution is 0.236. The summed E-state index contributed by atoms with van der Waals surface area (Å²) in [6.45, 7) is 0.967. The normalized spacial score (nSPS) is 23.6. The van der Waals surface area contributed by atoms with Crippen LogP contribution in [0.25, 0.3) is 0 Å². The second kappa shape index (κ2) is 3.25. The Bertz CT molecular complexity index is 241. The van der Waals surface area contributed by atoms with Crippen molar-refractivity contribution in [2.75, 3.05) is 13.2 Å². The summed E-state index contributed by atoms with van der Waals surface area (Å²) in [5, 5.41) is 9.11. The predicted octanol–water partition coefficient (Wildman–Crippen LogP) is 1.16. The summed E-state index contributed by atoms with van der Waals surface area (Å²) in [4.78, 5) is 0. The number of epoxide rings is 1. The first kappa shape index (κ1) is 7.77. The van der Waals surface area contributed by atoms with Crippen LogP contribution in [0.4, 0.5) is 0 Å². The quantitative estimate of drug-likeness (QED) is 0.680. The van der Waals surface area contributed by atoms with Crippen LogP contribution < -0.4 is 0 Å². The SMILES string of the molecule is OCC(c1ccccc1)C1CO1. The molecule has 0 amide bonds. The van der Waals surface area contributed by atoms with Crippen molar-refractivity contribution in [1.82, 2.24) is 0 Å². The van der Waals surface area contributed by atoms with Gasteiger partial charge in [-0.1, -0.05) is 30.3 Å². The second-order valence-corrected chi connectivity index (χ2v) is 3.07. The van der Waals surface area contributed by atoms with Crippen LogP contribution >= 0.6 is 0 Å². The predicted molar refractivity (Wildman–Crippen MR) is 46.0 cm³/mol. The van der Waals surface area contributed by atoms with Crippen molar-refractivity contribution >= 4 is 0 Å². The van der Waals surface area contributed by atoms with Gasteiger partial charge in [-0.05, 0) is 5.56 Å². The Hall–Kier alpha value is -0.860. The summed E-state index contributed by atoms with van der Waals surface area (Å²) in [6, 6.07) is 10.0. The van der Waals surface area contributed by atoms with Gasteiger partial charge in [-0.25, -0.2) is 0 Å². The topological polar surface area (TPSA) is 32.8 Å². The van der Waals surface area contributed by atoms with Crippen LogP contribution in [0.3, 0.4) is 0 Å². The molecule has 1 aliphatic rings. The first-order valence-corrected chi connectivity index (χ1v) is 4.19. The average molecular weight is 164 g/mol. The molecule has 0 radical (unpaired) electrons. The molecule has 0 bridgehead atoms. The van der Waals surface area contributed by atoms with E-state index >= 15 is 0 Å². The maximum Gasteiger partial charge on any atom is 0.0900 e. The number of ether oxygens (including phenoxy) is 1. The van der Waals surface area contributed by atoms with Crippen LogP contribution in [0.15, 0.2) is 30.3 Å². The lowest BCUT2D eigenvalue weighted by Crippen LogP contribution is -2.10. The van der Waals surface area contributed by atoms with Crippen molar-refractivity contribution in [3.05, 3.63) is 35.9 Å². The van der Waals surface area contributed by atoms with Gasteiger partial charge in [0.2, 0.25) is 0 Å². The fourth-order valence-corrected chi connectivity index (χ4v) is 1.43. The van der Waals surface area contributed by atoms with E-state index < -0.39 is 0 Å². The first-order chi connectivity index (χ1) is 5.92. The maximum absolute atomic E-state index is 9.11. The number of rotatable bonds is 3. The minimum absolute atomic E-state index is 0.172. The first-order valence-electron chi connectivity index (χ1n) is 4.19. The third kappa shape index (κ3) is 1.49. The fourth-order valence-electron chi connectivity index (χ4n) is 1.43. The monoisotopic (exact) mass is 164 g/mol. The summed E-state index contributed by atoms with van der Waals surface area (Å²) in [5.41, 5.74) is 1.17. The molecule has 2 unspecified atom stereocenters. The Labute approximate surface area is 71.8 Å². The molecule has 64 valence electrons. The molecule has 12 heavy (non-hydrogen) atoms. The molecule has 1 heterocycles. The van der Waals surface area contributed by atoms with Gasteiger partial charge in [-0.3, -0.25) is 0 Å². The zero-order valence-corrected chi connectivity index (χ0v) is 6.81. The lowest BCUT2D eigenvalue weighted by Gasteiger charge is -2.10. The minimum Gasteiger partial charge on any atom is -0.396 e. The molecule has 2 rings (SSSR count). The average Bonchev–Trinajstić information content (AvgIpc) is 2.92. The van der Waals surface area contributed by atoms with E-state index in [1.165, 1.54) is 5.56 Å². The fraction of sp³-hybridized carbons (Fsp3) is 0.400. The molecule has 1 N–H and O–H groups in total. The molecule has 2 nitrogen and oxygen atoms in total. The molecule has 2 heteroatoms. The Balaban J connectivity index is 2.15. The highest BCUT2D eigenvalue weighted by molar-refractivity contribution is 5.22. The van der Waals surface area contributed by atoms with Crippen LogP contribution in [0, 0.1) is 0 Å². The van der Waals surface area contributed by atoms with Crippen molar-refractivity contribution < 1.29 is 9.84 Å². The summed E-state index contributed by atoms with van der Waals surface area (Å²) in [5.74, 6) is 0.172. The van der Waals surface area contributed by atoms with Gasteiger partial charge in [0.25, 0.3) is 0 Å². The third-order valence-corrected chi connectivity index (χ3v) is 2.23. The molecule has 0 saturated carbocycles. The summed E-state index contributed by atoms with van der Waals surface area (Å²) >= 11 is 0. The molecule has 0 spiro atoms. The van der Waals surface area contributed by atoms with Crippen LogP contribution in [0.5, 0.6) is 0 Å². The minimum atomic E-state index is 0.172.